The molecule has 5 N–H and O–H groups in total. The van der Waals surface area contributed by atoms with Gasteiger partial charge in [-0.25, -0.2) is 0 Å². The number of hydrogen-bond donors (Lipinski definition) is 4. The zero-order valence-electron chi connectivity index (χ0n) is 10.5. The predicted octanol–water partition coefficient (Wildman–Crippen LogP) is -0.198. The fourth-order valence-corrected chi connectivity index (χ4v) is 1.46. The van der Waals surface area contributed by atoms with Crippen molar-refractivity contribution in [2.75, 3.05) is 18.4 Å². The molecule has 0 saturated carbocycles. The SMILES string of the molecule is NCCCN[C@H](CC(=O)Nc1cccnc1)C(=O)O. The smallest absolute Gasteiger partial charge is 0.321 e. The van der Waals surface area contributed by atoms with Crippen LogP contribution in [0.15, 0.2) is 24.5 Å². The van der Waals surface area contributed by atoms with Gasteiger partial charge in [-0.2, -0.15) is 0 Å². The minimum absolute atomic E-state index is 0.144. The number of pyridine rings is 1. The number of amides is 1. The van der Waals surface area contributed by atoms with Crippen molar-refractivity contribution in [3.63, 3.8) is 0 Å². The Kier molecular flexibility index (Phi) is 6.48. The summed E-state index contributed by atoms with van der Waals surface area (Å²) >= 11 is 0. The first kappa shape index (κ1) is 15.1. The van der Waals surface area contributed by atoms with Gasteiger partial charge in [0.15, 0.2) is 0 Å². The van der Waals surface area contributed by atoms with E-state index in [1.807, 2.05) is 0 Å². The third-order valence-corrected chi connectivity index (χ3v) is 2.40. The third-order valence-electron chi connectivity index (χ3n) is 2.40. The number of aliphatic carboxylic acids is 1. The Hall–Kier alpha value is -1.99. The van der Waals surface area contributed by atoms with Crippen LogP contribution < -0.4 is 16.4 Å². The minimum atomic E-state index is -1.06. The van der Waals surface area contributed by atoms with Crippen molar-refractivity contribution in [2.24, 2.45) is 5.73 Å². The standard InChI is InChI=1S/C12H18N4O3/c13-4-2-6-15-10(12(18)19)7-11(17)16-9-3-1-5-14-8-9/h1,3,5,8,10,15H,2,4,6-7,13H2,(H,16,17)(H,18,19)/t10-/m1/s1. The maximum absolute atomic E-state index is 11.7. The number of carboxylic acid groups (broad SMARTS) is 1. The number of carboxylic acids is 1. The largest absolute Gasteiger partial charge is 0.480 e. The average molecular weight is 266 g/mol. The van der Waals surface area contributed by atoms with E-state index in [0.29, 0.717) is 25.2 Å². The zero-order valence-corrected chi connectivity index (χ0v) is 10.5. The second kappa shape index (κ2) is 8.17. The summed E-state index contributed by atoms with van der Waals surface area (Å²) in [5.74, 6) is -1.43. The van der Waals surface area contributed by atoms with Gasteiger partial charge >= 0.3 is 5.97 Å². The number of hydrogen-bond acceptors (Lipinski definition) is 5. The van der Waals surface area contributed by atoms with Crippen molar-refractivity contribution in [3.05, 3.63) is 24.5 Å². The maximum Gasteiger partial charge on any atom is 0.321 e. The number of carbonyl (C=O) groups is 2. The molecule has 0 bridgehead atoms. The van der Waals surface area contributed by atoms with Gasteiger partial charge in [0.1, 0.15) is 6.04 Å². The molecule has 104 valence electrons. The van der Waals surface area contributed by atoms with E-state index < -0.39 is 12.0 Å². The molecule has 0 aliphatic carbocycles. The Labute approximate surface area is 111 Å². The Morgan fingerprint density at radius 2 is 2.26 bits per heavy atom. The van der Waals surface area contributed by atoms with E-state index in [0.717, 1.165) is 0 Å². The molecule has 0 aliphatic heterocycles. The molecule has 0 aromatic carbocycles. The third kappa shape index (κ3) is 5.94. The molecule has 0 spiro atoms. The molecule has 1 rings (SSSR count). The molecule has 1 heterocycles. The van der Waals surface area contributed by atoms with Crippen molar-refractivity contribution >= 4 is 17.6 Å². The molecule has 19 heavy (non-hydrogen) atoms. The van der Waals surface area contributed by atoms with E-state index in [-0.39, 0.29) is 12.3 Å². The first-order chi connectivity index (χ1) is 9.13. The highest BCUT2D eigenvalue weighted by molar-refractivity contribution is 5.93. The van der Waals surface area contributed by atoms with E-state index in [4.69, 9.17) is 10.8 Å². The highest BCUT2D eigenvalue weighted by Gasteiger charge is 2.20. The Balaban J connectivity index is 2.45. The lowest BCUT2D eigenvalue weighted by molar-refractivity contribution is -0.141. The Morgan fingerprint density at radius 1 is 1.47 bits per heavy atom. The first-order valence-electron chi connectivity index (χ1n) is 5.99. The number of carbonyl (C=O) groups excluding carboxylic acids is 1. The van der Waals surface area contributed by atoms with Gasteiger partial charge in [-0.05, 0) is 31.6 Å². The number of nitrogens with zero attached hydrogens (tertiary/aromatic N) is 1. The molecular weight excluding hydrogens is 248 g/mol. The van der Waals surface area contributed by atoms with Crippen molar-refractivity contribution in [3.8, 4) is 0 Å². The number of anilines is 1. The van der Waals surface area contributed by atoms with Crippen LogP contribution in [0.2, 0.25) is 0 Å². The molecule has 0 aliphatic rings. The number of aromatic nitrogens is 1. The molecule has 1 atom stereocenters. The fourth-order valence-electron chi connectivity index (χ4n) is 1.46. The van der Waals surface area contributed by atoms with Gasteiger partial charge in [-0.15, -0.1) is 0 Å². The predicted molar refractivity (Wildman–Crippen MR) is 70.6 cm³/mol. The van der Waals surface area contributed by atoms with Crippen LogP contribution in [-0.4, -0.2) is 41.1 Å². The van der Waals surface area contributed by atoms with Crippen LogP contribution in [0.25, 0.3) is 0 Å². The minimum Gasteiger partial charge on any atom is -0.480 e. The fraction of sp³-hybridized carbons (Fsp3) is 0.417. The summed E-state index contributed by atoms with van der Waals surface area (Å²) in [6.07, 6.45) is 3.60. The van der Waals surface area contributed by atoms with E-state index in [9.17, 15) is 9.59 Å². The molecule has 1 aromatic heterocycles. The van der Waals surface area contributed by atoms with Gasteiger partial charge in [0.2, 0.25) is 5.91 Å². The lowest BCUT2D eigenvalue weighted by Gasteiger charge is -2.13. The maximum atomic E-state index is 11.7. The highest BCUT2D eigenvalue weighted by Crippen LogP contribution is 2.04. The van der Waals surface area contributed by atoms with Gasteiger partial charge in [-0.1, -0.05) is 0 Å². The van der Waals surface area contributed by atoms with E-state index in [1.54, 1.807) is 18.3 Å². The normalized spacial score (nSPS) is 11.8. The summed E-state index contributed by atoms with van der Waals surface area (Å²) < 4.78 is 0. The Morgan fingerprint density at radius 3 is 2.84 bits per heavy atom. The van der Waals surface area contributed by atoms with Gasteiger partial charge in [0, 0.05) is 6.20 Å². The Bertz CT molecular complexity index is 411. The van der Waals surface area contributed by atoms with E-state index >= 15 is 0 Å². The van der Waals surface area contributed by atoms with Crippen molar-refractivity contribution in [1.82, 2.24) is 10.3 Å². The van der Waals surface area contributed by atoms with Gasteiger partial charge in [0.25, 0.3) is 0 Å². The quantitative estimate of drug-likeness (QED) is 0.484. The van der Waals surface area contributed by atoms with Crippen LogP contribution >= 0.6 is 0 Å². The van der Waals surface area contributed by atoms with Crippen LogP contribution in [0.4, 0.5) is 5.69 Å². The second-order valence-electron chi connectivity index (χ2n) is 3.98. The van der Waals surface area contributed by atoms with Crippen LogP contribution in [-0.2, 0) is 9.59 Å². The average Bonchev–Trinajstić information content (AvgIpc) is 2.38. The first-order valence-corrected chi connectivity index (χ1v) is 5.99. The van der Waals surface area contributed by atoms with E-state index in [1.165, 1.54) is 6.20 Å². The summed E-state index contributed by atoms with van der Waals surface area (Å²) in [5, 5.41) is 14.4. The van der Waals surface area contributed by atoms with Gasteiger partial charge in [0.05, 0.1) is 18.3 Å². The van der Waals surface area contributed by atoms with Gasteiger partial charge in [-0.3, -0.25) is 14.6 Å². The molecular formula is C12H18N4O3. The molecule has 1 aromatic rings. The molecule has 0 fully saturated rings. The lowest BCUT2D eigenvalue weighted by Crippen LogP contribution is -2.40. The van der Waals surface area contributed by atoms with Crippen molar-refractivity contribution in [2.45, 2.75) is 18.9 Å². The highest BCUT2D eigenvalue weighted by atomic mass is 16.4. The molecule has 0 unspecified atom stereocenters. The monoisotopic (exact) mass is 266 g/mol. The summed E-state index contributed by atoms with van der Waals surface area (Å²) in [6.45, 7) is 0.939. The van der Waals surface area contributed by atoms with Crippen molar-refractivity contribution < 1.29 is 14.7 Å². The van der Waals surface area contributed by atoms with Crippen LogP contribution in [0.3, 0.4) is 0 Å². The molecule has 0 radical (unpaired) electrons. The van der Waals surface area contributed by atoms with Crippen molar-refractivity contribution in [1.29, 1.82) is 0 Å². The van der Waals surface area contributed by atoms with Crippen LogP contribution in [0.1, 0.15) is 12.8 Å². The number of rotatable bonds is 8. The van der Waals surface area contributed by atoms with Crippen LogP contribution in [0, 0.1) is 0 Å². The number of nitrogens with two attached hydrogens (primary N) is 1. The summed E-state index contributed by atoms with van der Waals surface area (Å²) in [4.78, 5) is 26.5. The molecule has 0 saturated heterocycles. The zero-order chi connectivity index (χ0) is 14.1. The number of nitrogens with one attached hydrogen (secondary N) is 2. The summed E-state index contributed by atoms with van der Waals surface area (Å²) in [7, 11) is 0. The molecule has 7 heteroatoms. The second-order valence-corrected chi connectivity index (χ2v) is 3.98. The molecule has 1 amide bonds. The topological polar surface area (TPSA) is 117 Å². The molecule has 7 nitrogen and oxygen atoms in total. The van der Waals surface area contributed by atoms with E-state index in [2.05, 4.69) is 15.6 Å². The summed E-state index contributed by atoms with van der Waals surface area (Å²) in [6, 6.07) is 2.45. The summed E-state index contributed by atoms with van der Waals surface area (Å²) in [5.41, 5.74) is 5.86. The van der Waals surface area contributed by atoms with Gasteiger partial charge < -0.3 is 21.5 Å². The van der Waals surface area contributed by atoms with Crippen LogP contribution in [0.5, 0.6) is 0 Å². The lowest BCUT2D eigenvalue weighted by atomic mass is 10.2.